The van der Waals surface area contributed by atoms with Crippen molar-refractivity contribution in [3.8, 4) is 0 Å². The maximum Gasteiger partial charge on any atom is 0.0229 e. The molecule has 1 heteroatoms. The molecule has 0 N–H and O–H groups in total. The Labute approximate surface area is 96.3 Å². The van der Waals surface area contributed by atoms with E-state index in [9.17, 15) is 0 Å². The molecular formula is C14H15Cl. The molecule has 1 aliphatic carbocycles. The maximum absolute atomic E-state index is 5.88. The second-order valence-corrected chi connectivity index (χ2v) is 4.22. The van der Waals surface area contributed by atoms with E-state index in [-0.39, 0.29) is 0 Å². The minimum Gasteiger partial charge on any atom is -0.127 e. The number of hydrogen-bond acceptors (Lipinski definition) is 0. The average Bonchev–Trinajstić information content (AvgIpc) is 2.80. The summed E-state index contributed by atoms with van der Waals surface area (Å²) >= 11 is 5.88. The quantitative estimate of drug-likeness (QED) is 0.667. The highest BCUT2D eigenvalue weighted by Gasteiger charge is 2.19. The van der Waals surface area contributed by atoms with Crippen molar-refractivity contribution in [2.24, 2.45) is 5.92 Å². The van der Waals surface area contributed by atoms with Crippen LogP contribution < -0.4 is 0 Å². The molecule has 1 aromatic rings. The van der Waals surface area contributed by atoms with Crippen LogP contribution >= 0.6 is 11.6 Å². The molecular weight excluding hydrogens is 204 g/mol. The zero-order valence-corrected chi connectivity index (χ0v) is 9.40. The first-order valence-electron chi connectivity index (χ1n) is 5.37. The van der Waals surface area contributed by atoms with Gasteiger partial charge in [0.25, 0.3) is 0 Å². The number of rotatable bonds is 4. The van der Waals surface area contributed by atoms with Crippen LogP contribution in [0.2, 0.25) is 0 Å². The number of allylic oxidation sites excluding steroid dienone is 4. The summed E-state index contributed by atoms with van der Waals surface area (Å²) in [5, 5.41) is 0. The van der Waals surface area contributed by atoms with Gasteiger partial charge >= 0.3 is 0 Å². The minimum atomic E-state index is 0.520. The van der Waals surface area contributed by atoms with Crippen LogP contribution in [0.1, 0.15) is 17.9 Å². The predicted octanol–water partition coefficient (Wildman–Crippen LogP) is 4.14. The third-order valence-electron chi connectivity index (χ3n) is 2.89. The molecule has 2 rings (SSSR count). The molecule has 15 heavy (non-hydrogen) atoms. The van der Waals surface area contributed by atoms with Crippen molar-refractivity contribution in [1.82, 2.24) is 0 Å². The van der Waals surface area contributed by atoms with E-state index in [1.54, 1.807) is 0 Å². The van der Waals surface area contributed by atoms with Gasteiger partial charge in [0.05, 0.1) is 0 Å². The normalized spacial score (nSPS) is 17.1. The van der Waals surface area contributed by atoms with Gasteiger partial charge in [-0.2, -0.15) is 0 Å². The molecule has 0 bridgehead atoms. The Morgan fingerprint density at radius 3 is 2.33 bits per heavy atom. The van der Waals surface area contributed by atoms with Crippen molar-refractivity contribution >= 4 is 11.6 Å². The lowest BCUT2D eigenvalue weighted by atomic mass is 9.85. The first-order valence-corrected chi connectivity index (χ1v) is 5.91. The molecule has 0 aromatic heterocycles. The molecule has 1 atom stereocenters. The van der Waals surface area contributed by atoms with E-state index in [1.807, 2.05) is 0 Å². The highest BCUT2D eigenvalue weighted by Crippen LogP contribution is 2.32. The van der Waals surface area contributed by atoms with Crippen molar-refractivity contribution in [3.63, 3.8) is 0 Å². The summed E-state index contributed by atoms with van der Waals surface area (Å²) in [6, 6.07) is 10.6. The molecule has 0 nitrogen and oxygen atoms in total. The summed E-state index contributed by atoms with van der Waals surface area (Å²) in [6.45, 7) is 0. The van der Waals surface area contributed by atoms with Crippen molar-refractivity contribution < 1.29 is 0 Å². The van der Waals surface area contributed by atoms with Crippen LogP contribution in [0.4, 0.5) is 0 Å². The van der Waals surface area contributed by atoms with E-state index in [1.165, 1.54) is 5.56 Å². The third kappa shape index (κ3) is 2.51. The predicted molar refractivity (Wildman–Crippen MR) is 66.3 cm³/mol. The van der Waals surface area contributed by atoms with Gasteiger partial charge in [0.1, 0.15) is 0 Å². The Hall–Kier alpha value is -1.01. The maximum atomic E-state index is 5.88. The fourth-order valence-corrected chi connectivity index (χ4v) is 2.35. The highest BCUT2D eigenvalue weighted by molar-refractivity contribution is 6.17. The monoisotopic (exact) mass is 218 g/mol. The van der Waals surface area contributed by atoms with E-state index in [0.29, 0.717) is 11.8 Å². The van der Waals surface area contributed by atoms with Crippen molar-refractivity contribution in [1.29, 1.82) is 0 Å². The lowest BCUT2D eigenvalue weighted by Gasteiger charge is -2.20. The number of halogens is 1. The van der Waals surface area contributed by atoms with Gasteiger partial charge in [-0.1, -0.05) is 54.6 Å². The summed E-state index contributed by atoms with van der Waals surface area (Å²) in [4.78, 5) is 0. The molecule has 0 saturated heterocycles. The fourth-order valence-electron chi connectivity index (χ4n) is 2.12. The first kappa shape index (κ1) is 10.5. The Bertz CT molecular complexity index is 339. The zero-order chi connectivity index (χ0) is 10.5. The summed E-state index contributed by atoms with van der Waals surface area (Å²) in [6.07, 6.45) is 9.78. The van der Waals surface area contributed by atoms with Crippen LogP contribution in [0.15, 0.2) is 54.6 Å². The zero-order valence-electron chi connectivity index (χ0n) is 8.64. The van der Waals surface area contributed by atoms with Gasteiger partial charge in [0, 0.05) is 11.8 Å². The molecule has 78 valence electrons. The second kappa shape index (κ2) is 5.18. The Kier molecular flexibility index (Phi) is 3.63. The van der Waals surface area contributed by atoms with Crippen LogP contribution in [0.3, 0.4) is 0 Å². The molecule has 0 aliphatic heterocycles. The molecule has 1 aromatic carbocycles. The molecule has 0 spiro atoms. The molecule has 0 amide bonds. The molecule has 0 fully saturated rings. The highest BCUT2D eigenvalue weighted by atomic mass is 35.5. The summed E-state index contributed by atoms with van der Waals surface area (Å²) in [5.41, 5.74) is 1.39. The second-order valence-electron chi connectivity index (χ2n) is 3.84. The van der Waals surface area contributed by atoms with Gasteiger partial charge in [0.15, 0.2) is 0 Å². The third-order valence-corrected chi connectivity index (χ3v) is 3.11. The Morgan fingerprint density at radius 1 is 1.07 bits per heavy atom. The van der Waals surface area contributed by atoms with Gasteiger partial charge in [-0.25, -0.2) is 0 Å². The van der Waals surface area contributed by atoms with E-state index in [2.05, 4.69) is 54.6 Å². The van der Waals surface area contributed by atoms with Gasteiger partial charge in [-0.05, 0) is 17.9 Å². The van der Waals surface area contributed by atoms with Crippen LogP contribution in [0.25, 0.3) is 0 Å². The lowest BCUT2D eigenvalue weighted by molar-refractivity contribution is 0.582. The smallest absolute Gasteiger partial charge is 0.0229 e. The molecule has 1 aliphatic rings. The van der Waals surface area contributed by atoms with Crippen molar-refractivity contribution in [3.05, 3.63) is 60.2 Å². The van der Waals surface area contributed by atoms with Crippen LogP contribution in [-0.2, 0) is 0 Å². The number of alkyl halides is 1. The van der Waals surface area contributed by atoms with E-state index in [0.717, 1.165) is 12.3 Å². The average molecular weight is 219 g/mol. The Morgan fingerprint density at radius 2 is 1.73 bits per heavy atom. The van der Waals surface area contributed by atoms with E-state index in [4.69, 9.17) is 11.6 Å². The Balaban J connectivity index is 2.19. The minimum absolute atomic E-state index is 0.520. The standard InChI is InChI=1S/C14H15Cl/c15-11-10-14(13-8-4-5-9-13)12-6-2-1-3-7-12/h1-9,13-14H,10-11H2/t14-/m0/s1. The van der Waals surface area contributed by atoms with Crippen LogP contribution in [0.5, 0.6) is 0 Å². The molecule has 0 radical (unpaired) electrons. The first-order chi connectivity index (χ1) is 7.42. The molecule has 0 heterocycles. The van der Waals surface area contributed by atoms with Crippen LogP contribution in [-0.4, -0.2) is 5.88 Å². The number of hydrogen-bond donors (Lipinski definition) is 0. The van der Waals surface area contributed by atoms with Gasteiger partial charge in [0.2, 0.25) is 0 Å². The van der Waals surface area contributed by atoms with E-state index >= 15 is 0 Å². The molecule has 0 saturated carbocycles. The van der Waals surface area contributed by atoms with Crippen molar-refractivity contribution in [2.75, 3.05) is 5.88 Å². The van der Waals surface area contributed by atoms with Gasteiger partial charge < -0.3 is 0 Å². The van der Waals surface area contributed by atoms with Crippen molar-refractivity contribution in [2.45, 2.75) is 12.3 Å². The summed E-state index contributed by atoms with van der Waals surface area (Å²) in [7, 11) is 0. The fraction of sp³-hybridized carbons (Fsp3) is 0.286. The summed E-state index contributed by atoms with van der Waals surface area (Å²) < 4.78 is 0. The number of benzene rings is 1. The molecule has 0 unspecified atom stereocenters. The largest absolute Gasteiger partial charge is 0.127 e. The van der Waals surface area contributed by atoms with E-state index < -0.39 is 0 Å². The van der Waals surface area contributed by atoms with Gasteiger partial charge in [-0.3, -0.25) is 0 Å². The lowest BCUT2D eigenvalue weighted by Crippen LogP contribution is -2.08. The summed E-state index contributed by atoms with van der Waals surface area (Å²) in [5.74, 6) is 1.77. The SMILES string of the molecule is ClCC[C@@H](c1ccccc1)C1C=CC=C1. The van der Waals surface area contributed by atoms with Gasteiger partial charge in [-0.15, -0.1) is 11.6 Å². The topological polar surface area (TPSA) is 0 Å². The van der Waals surface area contributed by atoms with Crippen LogP contribution in [0, 0.1) is 5.92 Å².